The summed E-state index contributed by atoms with van der Waals surface area (Å²) in [6.45, 7) is 6.22. The van der Waals surface area contributed by atoms with Gasteiger partial charge in [-0.3, -0.25) is 0 Å². The van der Waals surface area contributed by atoms with Crippen LogP contribution in [0, 0.1) is 0 Å². The first-order valence-electron chi connectivity index (χ1n) is 3.90. The van der Waals surface area contributed by atoms with Gasteiger partial charge in [0.2, 0.25) is 0 Å². The first-order chi connectivity index (χ1) is 5.89. The zero-order valence-corrected chi connectivity index (χ0v) is 8.64. The predicted octanol–water partition coefficient (Wildman–Crippen LogP) is 3.10. The van der Waals surface area contributed by atoms with E-state index in [1.807, 2.05) is 6.07 Å². The minimum atomic E-state index is -1.26. The summed E-state index contributed by atoms with van der Waals surface area (Å²) in [5, 5.41) is 8.79. The molecule has 0 atom stereocenters. The van der Waals surface area contributed by atoms with E-state index < -0.39 is 6.16 Å². The lowest BCUT2D eigenvalue weighted by atomic mass is 9.95. The van der Waals surface area contributed by atoms with E-state index in [9.17, 15) is 4.79 Å². The van der Waals surface area contributed by atoms with Crippen molar-refractivity contribution in [2.24, 2.45) is 0 Å². The first-order valence-corrected chi connectivity index (χ1v) is 4.72. The average molecular weight is 200 g/mol. The number of carbonyl (C=O) groups is 1. The Balaban J connectivity index is 2.81. The Bertz CT molecular complexity index is 309. The molecule has 1 rings (SSSR count). The Morgan fingerprint density at radius 1 is 1.46 bits per heavy atom. The number of carboxylic acid groups (broad SMARTS) is 1. The summed E-state index contributed by atoms with van der Waals surface area (Å²) in [7, 11) is 0. The highest BCUT2D eigenvalue weighted by atomic mass is 32.1. The SMILES string of the molecule is CC(C)(C)c1ccc(OC(=O)O)s1. The van der Waals surface area contributed by atoms with Crippen LogP contribution in [0.5, 0.6) is 5.06 Å². The van der Waals surface area contributed by atoms with Gasteiger partial charge in [-0.1, -0.05) is 20.8 Å². The molecule has 0 amide bonds. The van der Waals surface area contributed by atoms with Gasteiger partial charge in [0.15, 0.2) is 5.06 Å². The van der Waals surface area contributed by atoms with Crippen molar-refractivity contribution in [3.05, 3.63) is 17.0 Å². The highest BCUT2D eigenvalue weighted by molar-refractivity contribution is 7.14. The number of rotatable bonds is 1. The van der Waals surface area contributed by atoms with Crippen molar-refractivity contribution in [1.82, 2.24) is 0 Å². The van der Waals surface area contributed by atoms with Crippen LogP contribution in [0.2, 0.25) is 0 Å². The number of hydrogen-bond acceptors (Lipinski definition) is 3. The molecule has 0 saturated carbocycles. The van der Waals surface area contributed by atoms with Crippen molar-refractivity contribution in [1.29, 1.82) is 0 Å². The Hall–Kier alpha value is -1.03. The highest BCUT2D eigenvalue weighted by Gasteiger charge is 2.17. The van der Waals surface area contributed by atoms with Gasteiger partial charge in [-0.15, -0.1) is 11.3 Å². The van der Waals surface area contributed by atoms with E-state index in [1.165, 1.54) is 11.3 Å². The van der Waals surface area contributed by atoms with Crippen molar-refractivity contribution in [3.8, 4) is 5.06 Å². The summed E-state index contributed by atoms with van der Waals surface area (Å²) < 4.78 is 4.53. The molecule has 3 nitrogen and oxygen atoms in total. The van der Waals surface area contributed by atoms with Crippen LogP contribution in [0.3, 0.4) is 0 Å². The second kappa shape index (κ2) is 3.38. The summed E-state index contributed by atoms with van der Waals surface area (Å²) in [6.07, 6.45) is -1.26. The van der Waals surface area contributed by atoms with E-state index in [2.05, 4.69) is 25.5 Å². The largest absolute Gasteiger partial charge is 0.512 e. The normalized spacial score (nSPS) is 11.3. The van der Waals surface area contributed by atoms with Crippen LogP contribution in [0.1, 0.15) is 25.6 Å². The number of ether oxygens (including phenoxy) is 1. The molecule has 13 heavy (non-hydrogen) atoms. The van der Waals surface area contributed by atoms with E-state index in [-0.39, 0.29) is 5.41 Å². The maximum Gasteiger partial charge on any atom is 0.512 e. The van der Waals surface area contributed by atoms with Crippen molar-refractivity contribution >= 4 is 17.5 Å². The zero-order chi connectivity index (χ0) is 10.1. The molecule has 0 saturated heterocycles. The Morgan fingerprint density at radius 3 is 2.46 bits per heavy atom. The van der Waals surface area contributed by atoms with E-state index in [0.717, 1.165) is 4.88 Å². The van der Waals surface area contributed by atoms with Crippen LogP contribution in [0.15, 0.2) is 12.1 Å². The molecule has 0 fully saturated rings. The number of hydrogen-bond donors (Lipinski definition) is 1. The van der Waals surface area contributed by atoms with Gasteiger partial charge in [0.05, 0.1) is 0 Å². The Morgan fingerprint density at radius 2 is 2.08 bits per heavy atom. The van der Waals surface area contributed by atoms with Crippen LogP contribution in [0.4, 0.5) is 4.79 Å². The summed E-state index contributed by atoms with van der Waals surface area (Å²) in [5.41, 5.74) is 0.0464. The molecule has 0 spiro atoms. The van der Waals surface area contributed by atoms with Gasteiger partial charge in [0.1, 0.15) is 0 Å². The monoisotopic (exact) mass is 200 g/mol. The molecule has 0 aliphatic rings. The molecule has 0 aliphatic heterocycles. The van der Waals surface area contributed by atoms with Gasteiger partial charge in [-0.05, 0) is 17.5 Å². The van der Waals surface area contributed by atoms with Gasteiger partial charge in [-0.2, -0.15) is 0 Å². The lowest BCUT2D eigenvalue weighted by Gasteiger charge is -2.14. The smallest absolute Gasteiger partial charge is 0.449 e. The number of thiophene rings is 1. The molecular formula is C9H12O3S. The molecule has 1 heterocycles. The summed E-state index contributed by atoms with van der Waals surface area (Å²) in [6, 6.07) is 3.57. The Labute approximate surface area is 81.0 Å². The maximum atomic E-state index is 10.2. The molecule has 1 aromatic heterocycles. The summed E-state index contributed by atoms with van der Waals surface area (Å²) in [4.78, 5) is 11.3. The van der Waals surface area contributed by atoms with Gasteiger partial charge in [0.25, 0.3) is 0 Å². The highest BCUT2D eigenvalue weighted by Crippen LogP contribution is 2.33. The van der Waals surface area contributed by atoms with E-state index in [1.54, 1.807) is 6.07 Å². The molecule has 4 heteroatoms. The molecule has 0 bridgehead atoms. The van der Waals surface area contributed by atoms with E-state index in [4.69, 9.17) is 5.11 Å². The quantitative estimate of drug-likeness (QED) is 0.708. The van der Waals surface area contributed by atoms with Crippen molar-refractivity contribution in [3.63, 3.8) is 0 Å². The van der Waals surface area contributed by atoms with E-state index in [0.29, 0.717) is 5.06 Å². The zero-order valence-electron chi connectivity index (χ0n) is 7.83. The molecule has 1 N–H and O–H groups in total. The lowest BCUT2D eigenvalue weighted by Crippen LogP contribution is -2.07. The standard InChI is InChI=1S/C9H12O3S/c1-9(2,3)6-4-5-7(13-6)12-8(10)11/h4-5H,1-3H3,(H,10,11). The van der Waals surface area contributed by atoms with Gasteiger partial charge in [0, 0.05) is 4.88 Å². The van der Waals surface area contributed by atoms with Gasteiger partial charge < -0.3 is 9.84 Å². The first kappa shape index (κ1) is 10.1. The second-order valence-corrected chi connectivity index (χ2v) is 4.78. The van der Waals surface area contributed by atoms with Crippen LogP contribution in [0.25, 0.3) is 0 Å². The van der Waals surface area contributed by atoms with Crippen molar-refractivity contribution < 1.29 is 14.6 Å². The van der Waals surface area contributed by atoms with Crippen LogP contribution >= 0.6 is 11.3 Å². The molecule has 0 radical (unpaired) electrons. The maximum absolute atomic E-state index is 10.2. The fraction of sp³-hybridized carbons (Fsp3) is 0.444. The van der Waals surface area contributed by atoms with Crippen LogP contribution < -0.4 is 4.74 Å². The third-order valence-electron chi connectivity index (χ3n) is 1.51. The molecule has 0 aliphatic carbocycles. The fourth-order valence-corrected chi connectivity index (χ4v) is 1.77. The molecular weight excluding hydrogens is 188 g/mol. The summed E-state index contributed by atoms with van der Waals surface area (Å²) in [5.74, 6) is 0. The van der Waals surface area contributed by atoms with Gasteiger partial charge >= 0.3 is 6.16 Å². The molecule has 72 valence electrons. The predicted molar refractivity (Wildman–Crippen MR) is 51.7 cm³/mol. The third-order valence-corrected chi connectivity index (χ3v) is 2.90. The van der Waals surface area contributed by atoms with Crippen LogP contribution in [-0.2, 0) is 5.41 Å². The lowest BCUT2D eigenvalue weighted by molar-refractivity contribution is 0.146. The topological polar surface area (TPSA) is 46.5 Å². The molecule has 0 unspecified atom stereocenters. The summed E-state index contributed by atoms with van der Waals surface area (Å²) >= 11 is 1.37. The molecule has 0 aromatic carbocycles. The van der Waals surface area contributed by atoms with Gasteiger partial charge in [-0.25, -0.2) is 4.79 Å². The van der Waals surface area contributed by atoms with Crippen molar-refractivity contribution in [2.75, 3.05) is 0 Å². The minimum Gasteiger partial charge on any atom is -0.449 e. The fourth-order valence-electron chi connectivity index (χ4n) is 0.864. The minimum absolute atomic E-state index is 0.0464. The average Bonchev–Trinajstić information content (AvgIpc) is 2.32. The second-order valence-electron chi connectivity index (χ2n) is 3.74. The third kappa shape index (κ3) is 2.73. The molecule has 1 aromatic rings. The van der Waals surface area contributed by atoms with E-state index >= 15 is 0 Å². The van der Waals surface area contributed by atoms with Crippen molar-refractivity contribution in [2.45, 2.75) is 26.2 Å². The Kier molecular flexibility index (Phi) is 2.61. The van der Waals surface area contributed by atoms with Crippen LogP contribution in [-0.4, -0.2) is 11.3 Å².